The summed E-state index contributed by atoms with van der Waals surface area (Å²) in [5.74, 6) is 0.262. The summed E-state index contributed by atoms with van der Waals surface area (Å²) in [6.07, 6.45) is 5.68. The van der Waals surface area contributed by atoms with Crippen molar-refractivity contribution in [2.75, 3.05) is 33.2 Å². The Balaban J connectivity index is 1.45. The van der Waals surface area contributed by atoms with Gasteiger partial charge in [0.25, 0.3) is 0 Å². The second-order valence-electron chi connectivity index (χ2n) is 7.64. The van der Waals surface area contributed by atoms with Gasteiger partial charge in [0, 0.05) is 38.6 Å². The summed E-state index contributed by atoms with van der Waals surface area (Å²) in [5, 5.41) is 0. The molecule has 0 atom stereocenters. The number of hydrogen-bond donors (Lipinski definition) is 0. The summed E-state index contributed by atoms with van der Waals surface area (Å²) in [6, 6.07) is 11.0. The fraction of sp³-hybridized carbons (Fsp3) is 0.619. The summed E-state index contributed by atoms with van der Waals surface area (Å²) in [7, 11) is 2.17. The molecule has 0 spiro atoms. The Morgan fingerprint density at radius 2 is 1.81 bits per heavy atom. The molecule has 0 aliphatic carbocycles. The van der Waals surface area contributed by atoms with E-state index in [2.05, 4.69) is 36.2 Å². The molecular formula is C21H31N3O2. The van der Waals surface area contributed by atoms with E-state index in [0.29, 0.717) is 12.5 Å². The molecule has 5 nitrogen and oxygen atoms in total. The van der Waals surface area contributed by atoms with E-state index in [1.165, 1.54) is 5.56 Å². The minimum atomic E-state index is 0.115. The summed E-state index contributed by atoms with van der Waals surface area (Å²) < 4.78 is 0. The lowest BCUT2D eigenvalue weighted by molar-refractivity contribution is -0.141. The second kappa shape index (κ2) is 9.17. The van der Waals surface area contributed by atoms with Crippen molar-refractivity contribution in [2.45, 2.75) is 51.1 Å². The van der Waals surface area contributed by atoms with Crippen molar-refractivity contribution in [1.29, 1.82) is 0 Å². The highest BCUT2D eigenvalue weighted by atomic mass is 16.2. The zero-order valence-corrected chi connectivity index (χ0v) is 15.9. The monoisotopic (exact) mass is 357 g/mol. The highest BCUT2D eigenvalue weighted by molar-refractivity contribution is 5.85. The molecule has 0 aromatic heterocycles. The van der Waals surface area contributed by atoms with Gasteiger partial charge < -0.3 is 9.80 Å². The van der Waals surface area contributed by atoms with Crippen molar-refractivity contribution in [2.24, 2.45) is 0 Å². The van der Waals surface area contributed by atoms with Crippen molar-refractivity contribution < 1.29 is 9.59 Å². The Bertz CT molecular complexity index is 597. The Morgan fingerprint density at radius 1 is 1.08 bits per heavy atom. The van der Waals surface area contributed by atoms with Crippen LogP contribution in [0.5, 0.6) is 0 Å². The number of hydrogen-bond acceptors (Lipinski definition) is 3. The number of amides is 2. The van der Waals surface area contributed by atoms with Gasteiger partial charge in [0.15, 0.2) is 0 Å². The van der Waals surface area contributed by atoms with Crippen LogP contribution >= 0.6 is 0 Å². The van der Waals surface area contributed by atoms with E-state index in [1.807, 2.05) is 11.0 Å². The first-order valence-electron chi connectivity index (χ1n) is 9.93. The fourth-order valence-electron chi connectivity index (χ4n) is 4.03. The van der Waals surface area contributed by atoms with E-state index in [1.54, 1.807) is 4.90 Å². The van der Waals surface area contributed by atoms with Gasteiger partial charge in [-0.1, -0.05) is 36.8 Å². The summed E-state index contributed by atoms with van der Waals surface area (Å²) in [5.41, 5.74) is 1.33. The van der Waals surface area contributed by atoms with Gasteiger partial charge in [-0.15, -0.1) is 0 Å². The summed E-state index contributed by atoms with van der Waals surface area (Å²) >= 11 is 0. The lowest BCUT2D eigenvalue weighted by atomic mass is 10.0. The molecule has 0 saturated carbocycles. The number of carbonyl (C=O) groups is 2. The van der Waals surface area contributed by atoms with Crippen LogP contribution in [-0.4, -0.2) is 65.8 Å². The van der Waals surface area contributed by atoms with Gasteiger partial charge in [-0.3, -0.25) is 14.5 Å². The molecule has 2 fully saturated rings. The summed E-state index contributed by atoms with van der Waals surface area (Å²) in [4.78, 5) is 30.8. The maximum absolute atomic E-state index is 12.6. The molecule has 0 bridgehead atoms. The maximum atomic E-state index is 12.6. The van der Waals surface area contributed by atoms with Crippen molar-refractivity contribution in [3.63, 3.8) is 0 Å². The SMILES string of the molecule is CN(Cc1ccccc1)C1CCN(C(=O)CN2CCCCCC2=O)CC1. The molecule has 5 heteroatoms. The fourth-order valence-corrected chi connectivity index (χ4v) is 4.03. The minimum absolute atomic E-state index is 0.115. The third kappa shape index (κ3) is 5.07. The van der Waals surface area contributed by atoms with E-state index in [9.17, 15) is 9.59 Å². The zero-order chi connectivity index (χ0) is 18.4. The van der Waals surface area contributed by atoms with Crippen LogP contribution in [0.15, 0.2) is 30.3 Å². The largest absolute Gasteiger partial charge is 0.341 e. The van der Waals surface area contributed by atoms with Gasteiger partial charge in [0.1, 0.15) is 0 Å². The van der Waals surface area contributed by atoms with Crippen molar-refractivity contribution >= 4 is 11.8 Å². The highest BCUT2D eigenvalue weighted by Crippen LogP contribution is 2.18. The zero-order valence-electron chi connectivity index (χ0n) is 15.9. The lowest BCUT2D eigenvalue weighted by Crippen LogP contribution is -2.49. The molecule has 142 valence electrons. The predicted octanol–water partition coefficient (Wildman–Crippen LogP) is 2.51. The van der Waals surface area contributed by atoms with E-state index in [-0.39, 0.29) is 18.4 Å². The van der Waals surface area contributed by atoms with Crippen LogP contribution in [0.1, 0.15) is 44.1 Å². The molecule has 2 aliphatic rings. The van der Waals surface area contributed by atoms with Crippen LogP contribution in [0.2, 0.25) is 0 Å². The number of rotatable bonds is 5. The number of piperidine rings is 1. The molecule has 2 amide bonds. The Labute approximate surface area is 156 Å². The first-order valence-corrected chi connectivity index (χ1v) is 9.93. The van der Waals surface area contributed by atoms with Crippen LogP contribution in [0, 0.1) is 0 Å². The molecule has 0 radical (unpaired) electrons. The van der Waals surface area contributed by atoms with E-state index >= 15 is 0 Å². The third-order valence-electron chi connectivity index (χ3n) is 5.71. The first kappa shape index (κ1) is 18.9. The molecule has 0 N–H and O–H groups in total. The highest BCUT2D eigenvalue weighted by Gasteiger charge is 2.27. The average molecular weight is 357 g/mol. The average Bonchev–Trinajstić information content (AvgIpc) is 2.87. The number of nitrogens with zero attached hydrogens (tertiary/aromatic N) is 3. The topological polar surface area (TPSA) is 43.9 Å². The van der Waals surface area contributed by atoms with E-state index in [4.69, 9.17) is 0 Å². The normalized spacial score (nSPS) is 19.7. The number of carbonyl (C=O) groups excluding carboxylic acids is 2. The van der Waals surface area contributed by atoms with Crippen molar-refractivity contribution in [1.82, 2.24) is 14.7 Å². The Hall–Kier alpha value is -1.88. The predicted molar refractivity (Wildman–Crippen MR) is 103 cm³/mol. The molecule has 0 unspecified atom stereocenters. The smallest absolute Gasteiger partial charge is 0.242 e. The standard InChI is InChI=1S/C21H31N3O2/c1-22(16-18-8-4-2-5-9-18)19-11-14-23(15-12-19)21(26)17-24-13-7-3-6-10-20(24)25/h2,4-5,8-9,19H,3,6-7,10-17H2,1H3. The van der Waals surface area contributed by atoms with Gasteiger partial charge in [0.2, 0.25) is 11.8 Å². The van der Waals surface area contributed by atoms with Gasteiger partial charge >= 0.3 is 0 Å². The van der Waals surface area contributed by atoms with Crippen LogP contribution in [0.25, 0.3) is 0 Å². The summed E-state index contributed by atoms with van der Waals surface area (Å²) in [6.45, 7) is 3.54. The molecule has 2 saturated heterocycles. The van der Waals surface area contributed by atoms with Gasteiger partial charge in [-0.25, -0.2) is 0 Å². The second-order valence-corrected chi connectivity index (χ2v) is 7.64. The molecule has 3 rings (SSSR count). The maximum Gasteiger partial charge on any atom is 0.242 e. The van der Waals surface area contributed by atoms with E-state index in [0.717, 1.165) is 58.3 Å². The molecule has 1 aromatic carbocycles. The molecule has 2 heterocycles. The quantitative estimate of drug-likeness (QED) is 0.813. The van der Waals surface area contributed by atoms with Gasteiger partial charge in [-0.2, -0.15) is 0 Å². The Kier molecular flexibility index (Phi) is 6.67. The van der Waals surface area contributed by atoms with Crippen LogP contribution in [-0.2, 0) is 16.1 Å². The van der Waals surface area contributed by atoms with Gasteiger partial charge in [0.05, 0.1) is 6.54 Å². The van der Waals surface area contributed by atoms with Crippen LogP contribution < -0.4 is 0 Å². The number of likely N-dealkylation sites (tertiary alicyclic amines) is 2. The van der Waals surface area contributed by atoms with E-state index < -0.39 is 0 Å². The van der Waals surface area contributed by atoms with Crippen molar-refractivity contribution in [3.05, 3.63) is 35.9 Å². The molecule has 26 heavy (non-hydrogen) atoms. The van der Waals surface area contributed by atoms with Crippen LogP contribution in [0.4, 0.5) is 0 Å². The molecule has 2 aliphatic heterocycles. The van der Waals surface area contributed by atoms with Crippen LogP contribution in [0.3, 0.4) is 0 Å². The minimum Gasteiger partial charge on any atom is -0.341 e. The van der Waals surface area contributed by atoms with Crippen molar-refractivity contribution in [3.8, 4) is 0 Å². The number of benzene rings is 1. The van der Waals surface area contributed by atoms with Gasteiger partial charge in [-0.05, 0) is 38.3 Å². The lowest BCUT2D eigenvalue weighted by Gasteiger charge is -2.37. The third-order valence-corrected chi connectivity index (χ3v) is 5.71. The molecular weight excluding hydrogens is 326 g/mol. The Morgan fingerprint density at radius 3 is 2.54 bits per heavy atom. The first-order chi connectivity index (χ1) is 12.6. The molecule has 1 aromatic rings.